The van der Waals surface area contributed by atoms with Crippen LogP contribution in [0.2, 0.25) is 0 Å². The highest BCUT2D eigenvalue weighted by atomic mass is 32.2. The summed E-state index contributed by atoms with van der Waals surface area (Å²) in [6, 6.07) is 9.75. The molecule has 0 aliphatic rings. The number of benzene rings is 1. The molecule has 2 aromatic heterocycles. The second-order valence-corrected chi connectivity index (χ2v) is 7.18. The van der Waals surface area contributed by atoms with Gasteiger partial charge in [-0.05, 0) is 43.0 Å². The number of anilines is 1. The molecule has 0 saturated heterocycles. The van der Waals surface area contributed by atoms with Gasteiger partial charge >= 0.3 is 0 Å². The molecule has 0 saturated carbocycles. The van der Waals surface area contributed by atoms with Gasteiger partial charge in [-0.1, -0.05) is 23.9 Å². The molecule has 0 aliphatic heterocycles. The molecule has 1 unspecified atom stereocenters. The number of thiophene rings is 1. The lowest BCUT2D eigenvalue weighted by Gasteiger charge is -2.12. The predicted molar refractivity (Wildman–Crippen MR) is 92.5 cm³/mol. The molecule has 3 rings (SSSR count). The maximum absolute atomic E-state index is 12.3. The van der Waals surface area contributed by atoms with Gasteiger partial charge in [0.05, 0.1) is 15.5 Å². The van der Waals surface area contributed by atoms with Crippen molar-refractivity contribution in [2.75, 3.05) is 5.32 Å². The molecule has 1 amide bonds. The highest BCUT2D eigenvalue weighted by molar-refractivity contribution is 8.00. The average Bonchev–Trinajstić information content (AvgIpc) is 2.96. The van der Waals surface area contributed by atoms with Crippen molar-refractivity contribution in [2.24, 2.45) is 0 Å². The van der Waals surface area contributed by atoms with Crippen molar-refractivity contribution in [3.63, 3.8) is 0 Å². The Morgan fingerprint density at radius 3 is 3.00 bits per heavy atom. The minimum Gasteiger partial charge on any atom is -0.325 e. The Labute approximate surface area is 137 Å². The lowest BCUT2D eigenvalue weighted by Crippen LogP contribution is -2.22. The number of carbonyl (C=O) groups is 1. The molecule has 3 aromatic rings. The van der Waals surface area contributed by atoms with Gasteiger partial charge in [-0.3, -0.25) is 4.79 Å². The molecule has 0 radical (unpaired) electrons. The van der Waals surface area contributed by atoms with E-state index in [1.54, 1.807) is 17.7 Å². The minimum absolute atomic E-state index is 0.0288. The van der Waals surface area contributed by atoms with E-state index in [-0.39, 0.29) is 11.2 Å². The van der Waals surface area contributed by atoms with Gasteiger partial charge in [0.25, 0.3) is 0 Å². The zero-order chi connectivity index (χ0) is 15.5. The third-order valence-electron chi connectivity index (χ3n) is 3.15. The van der Waals surface area contributed by atoms with Crippen LogP contribution in [-0.2, 0) is 4.79 Å². The van der Waals surface area contributed by atoms with Crippen molar-refractivity contribution in [3.8, 4) is 0 Å². The lowest BCUT2D eigenvalue weighted by atomic mass is 10.2. The molecule has 0 aliphatic carbocycles. The number of nitrogens with zero attached hydrogens (tertiary/aromatic N) is 2. The van der Waals surface area contributed by atoms with Gasteiger partial charge in [0.2, 0.25) is 5.91 Å². The SMILES string of the molecule is Cc1cccc(NC(=O)C(C)Sc2ncnc3ccsc23)c1. The summed E-state index contributed by atoms with van der Waals surface area (Å²) >= 11 is 3.05. The highest BCUT2D eigenvalue weighted by Gasteiger charge is 2.17. The van der Waals surface area contributed by atoms with Gasteiger partial charge < -0.3 is 5.32 Å². The fraction of sp³-hybridized carbons (Fsp3) is 0.188. The molecular formula is C16H15N3OS2. The fourth-order valence-corrected chi connectivity index (χ4v) is 3.88. The number of hydrogen-bond acceptors (Lipinski definition) is 5. The van der Waals surface area contributed by atoms with Crippen molar-refractivity contribution in [3.05, 3.63) is 47.6 Å². The quantitative estimate of drug-likeness (QED) is 0.578. The van der Waals surface area contributed by atoms with Crippen LogP contribution < -0.4 is 5.32 Å². The standard InChI is InChI=1S/C16H15N3OS2/c1-10-4-3-5-12(8-10)19-15(20)11(2)22-16-14-13(6-7-21-14)17-9-18-16/h3-9,11H,1-2H3,(H,19,20). The van der Waals surface area contributed by atoms with E-state index in [2.05, 4.69) is 15.3 Å². The smallest absolute Gasteiger partial charge is 0.237 e. The number of thioether (sulfide) groups is 1. The topological polar surface area (TPSA) is 54.9 Å². The van der Waals surface area contributed by atoms with Crippen molar-refractivity contribution < 1.29 is 4.79 Å². The third kappa shape index (κ3) is 3.28. The van der Waals surface area contributed by atoms with E-state index in [1.807, 2.05) is 49.6 Å². The molecule has 1 aromatic carbocycles. The van der Waals surface area contributed by atoms with Crippen LogP contribution in [0.25, 0.3) is 10.2 Å². The zero-order valence-electron chi connectivity index (χ0n) is 12.2. The molecule has 1 atom stereocenters. The summed E-state index contributed by atoms with van der Waals surface area (Å²) in [5.41, 5.74) is 2.87. The van der Waals surface area contributed by atoms with Crippen LogP contribution in [0.1, 0.15) is 12.5 Å². The number of fused-ring (bicyclic) bond motifs is 1. The Bertz CT molecular complexity index is 816. The first-order valence-electron chi connectivity index (χ1n) is 6.86. The molecule has 22 heavy (non-hydrogen) atoms. The number of hydrogen-bond donors (Lipinski definition) is 1. The van der Waals surface area contributed by atoms with Gasteiger partial charge in [-0.15, -0.1) is 11.3 Å². The Balaban J connectivity index is 1.72. The van der Waals surface area contributed by atoms with Gasteiger partial charge in [0.15, 0.2) is 0 Å². The molecule has 4 nitrogen and oxygen atoms in total. The fourth-order valence-electron chi connectivity index (χ4n) is 2.04. The first-order chi connectivity index (χ1) is 10.6. The number of amides is 1. The van der Waals surface area contributed by atoms with Gasteiger partial charge in [0, 0.05) is 5.69 Å². The normalized spacial score (nSPS) is 12.3. The van der Waals surface area contributed by atoms with E-state index in [4.69, 9.17) is 0 Å². The van der Waals surface area contributed by atoms with Crippen molar-refractivity contribution >= 4 is 44.9 Å². The van der Waals surface area contributed by atoms with Crippen LogP contribution in [0.15, 0.2) is 47.1 Å². The maximum Gasteiger partial charge on any atom is 0.237 e. The summed E-state index contributed by atoms with van der Waals surface area (Å²) in [5.74, 6) is -0.0288. The summed E-state index contributed by atoms with van der Waals surface area (Å²) in [7, 11) is 0. The maximum atomic E-state index is 12.3. The summed E-state index contributed by atoms with van der Waals surface area (Å²) in [5, 5.41) is 5.55. The highest BCUT2D eigenvalue weighted by Crippen LogP contribution is 2.31. The minimum atomic E-state index is -0.235. The summed E-state index contributed by atoms with van der Waals surface area (Å²) in [6.45, 7) is 3.89. The number of nitrogens with one attached hydrogen (secondary N) is 1. The molecule has 0 bridgehead atoms. The Hall–Kier alpha value is -1.92. The van der Waals surface area contributed by atoms with Crippen LogP contribution in [0.5, 0.6) is 0 Å². The molecule has 112 valence electrons. The van der Waals surface area contributed by atoms with Crippen molar-refractivity contribution in [2.45, 2.75) is 24.1 Å². The monoisotopic (exact) mass is 329 g/mol. The number of carbonyl (C=O) groups excluding carboxylic acids is 1. The van der Waals surface area contributed by atoms with Crippen LogP contribution in [0, 0.1) is 6.92 Å². The van der Waals surface area contributed by atoms with Crippen LogP contribution in [-0.4, -0.2) is 21.1 Å². The van der Waals surface area contributed by atoms with E-state index in [0.29, 0.717) is 0 Å². The van der Waals surface area contributed by atoms with Gasteiger partial charge in [0.1, 0.15) is 11.4 Å². The number of aromatic nitrogens is 2. The lowest BCUT2D eigenvalue weighted by molar-refractivity contribution is -0.115. The van der Waals surface area contributed by atoms with E-state index in [0.717, 1.165) is 26.5 Å². The van der Waals surface area contributed by atoms with Gasteiger partial charge in [-0.2, -0.15) is 0 Å². The van der Waals surface area contributed by atoms with E-state index < -0.39 is 0 Å². The molecular weight excluding hydrogens is 314 g/mol. The van der Waals surface area contributed by atoms with E-state index in [9.17, 15) is 4.79 Å². The number of rotatable bonds is 4. The first kappa shape index (κ1) is 15.0. The summed E-state index contributed by atoms with van der Waals surface area (Å²) in [4.78, 5) is 20.9. The first-order valence-corrected chi connectivity index (χ1v) is 8.62. The summed E-state index contributed by atoms with van der Waals surface area (Å²) < 4.78 is 1.03. The Morgan fingerprint density at radius 1 is 1.32 bits per heavy atom. The molecule has 0 fully saturated rings. The number of aryl methyl sites for hydroxylation is 1. The molecule has 6 heteroatoms. The Kier molecular flexibility index (Phi) is 4.40. The zero-order valence-corrected chi connectivity index (χ0v) is 13.9. The Morgan fingerprint density at radius 2 is 2.18 bits per heavy atom. The van der Waals surface area contributed by atoms with E-state index in [1.165, 1.54) is 11.8 Å². The predicted octanol–water partition coefficient (Wildman–Crippen LogP) is 4.12. The largest absolute Gasteiger partial charge is 0.325 e. The van der Waals surface area contributed by atoms with Crippen molar-refractivity contribution in [1.29, 1.82) is 0 Å². The van der Waals surface area contributed by atoms with Crippen LogP contribution in [0.4, 0.5) is 5.69 Å². The molecule has 2 heterocycles. The van der Waals surface area contributed by atoms with Gasteiger partial charge in [-0.25, -0.2) is 9.97 Å². The second-order valence-electron chi connectivity index (χ2n) is 4.93. The third-order valence-corrected chi connectivity index (χ3v) is 5.29. The van der Waals surface area contributed by atoms with Crippen molar-refractivity contribution in [1.82, 2.24) is 9.97 Å². The molecule has 0 spiro atoms. The average molecular weight is 329 g/mol. The van der Waals surface area contributed by atoms with Crippen LogP contribution in [0.3, 0.4) is 0 Å². The summed E-state index contributed by atoms with van der Waals surface area (Å²) in [6.07, 6.45) is 1.54. The molecule has 1 N–H and O–H groups in total. The second kappa shape index (κ2) is 6.46. The van der Waals surface area contributed by atoms with Crippen LogP contribution >= 0.6 is 23.1 Å². The van der Waals surface area contributed by atoms with E-state index >= 15 is 0 Å².